The van der Waals surface area contributed by atoms with Crippen LogP contribution in [0, 0.1) is 5.82 Å². The van der Waals surface area contributed by atoms with E-state index >= 15 is 0 Å². The van der Waals surface area contributed by atoms with Gasteiger partial charge < -0.3 is 10.6 Å². The molecule has 0 saturated heterocycles. The summed E-state index contributed by atoms with van der Waals surface area (Å²) in [6.07, 6.45) is 4.41. The Morgan fingerprint density at radius 2 is 1.77 bits per heavy atom. The van der Waals surface area contributed by atoms with Crippen LogP contribution in [0.3, 0.4) is 0 Å². The second kappa shape index (κ2) is 10.7. The first-order valence-corrected chi connectivity index (χ1v) is 11.9. The number of aromatic nitrogens is 5. The van der Waals surface area contributed by atoms with Crippen LogP contribution >= 0.6 is 0 Å². The lowest BCUT2D eigenvalue weighted by Crippen LogP contribution is -2.38. The predicted molar refractivity (Wildman–Crippen MR) is 140 cm³/mol. The lowest BCUT2D eigenvalue weighted by molar-refractivity contribution is -0.117. The quantitative estimate of drug-likeness (QED) is 0.291. The minimum absolute atomic E-state index is 0.00772. The summed E-state index contributed by atoms with van der Waals surface area (Å²) in [5.41, 5.74) is 2.63. The van der Waals surface area contributed by atoms with E-state index in [1.807, 2.05) is 0 Å². The number of pyridine rings is 1. The Bertz CT molecular complexity index is 1750. The van der Waals surface area contributed by atoms with Gasteiger partial charge in [0.15, 0.2) is 11.6 Å². The molecule has 11 nitrogen and oxygen atoms in total. The van der Waals surface area contributed by atoms with Crippen molar-refractivity contribution in [1.82, 2.24) is 30.2 Å². The van der Waals surface area contributed by atoms with E-state index in [0.29, 0.717) is 33.4 Å². The third-order valence-electron chi connectivity index (χ3n) is 6.18. The number of carbonyl (C=O) groups excluding carboxylic acids is 2. The zero-order valence-electron chi connectivity index (χ0n) is 20.9. The standard InChI is InChI=1S/C27H22FN7O4/c1-15(29-2)26(37)32-25-27(38)35(23(13-31-25)18-5-8-21-22(10-18)34-39-33-21)14-16-9-19(12-30-11-16)24(36)17-3-6-20(28)7-4-17/h3-13,15,29H,14H2,1-2H3,(H,31,32,37)/t15-/m0/s1. The van der Waals surface area contributed by atoms with Gasteiger partial charge in [-0.3, -0.25) is 23.9 Å². The number of anilines is 1. The average Bonchev–Trinajstić information content (AvgIpc) is 3.43. The van der Waals surface area contributed by atoms with E-state index < -0.39 is 23.3 Å². The highest BCUT2D eigenvalue weighted by molar-refractivity contribution is 6.08. The van der Waals surface area contributed by atoms with Gasteiger partial charge in [0.25, 0.3) is 5.56 Å². The smallest absolute Gasteiger partial charge is 0.294 e. The number of hydrogen-bond donors (Lipinski definition) is 2. The van der Waals surface area contributed by atoms with Crippen molar-refractivity contribution in [3.8, 4) is 11.3 Å². The molecule has 3 heterocycles. The third kappa shape index (κ3) is 5.31. The number of nitrogens with zero attached hydrogens (tertiary/aromatic N) is 5. The van der Waals surface area contributed by atoms with Crippen molar-refractivity contribution >= 4 is 28.5 Å². The van der Waals surface area contributed by atoms with Crippen molar-refractivity contribution in [2.24, 2.45) is 0 Å². The molecular formula is C27H22FN7O4. The summed E-state index contributed by atoms with van der Waals surface area (Å²) in [5, 5.41) is 13.0. The van der Waals surface area contributed by atoms with Crippen molar-refractivity contribution < 1.29 is 18.6 Å². The van der Waals surface area contributed by atoms with Gasteiger partial charge in [-0.25, -0.2) is 14.0 Å². The van der Waals surface area contributed by atoms with Gasteiger partial charge in [0, 0.05) is 29.1 Å². The summed E-state index contributed by atoms with van der Waals surface area (Å²) in [5.74, 6) is -1.37. The average molecular weight is 528 g/mol. The number of amides is 1. The van der Waals surface area contributed by atoms with Crippen LogP contribution in [0.25, 0.3) is 22.3 Å². The fourth-order valence-corrected chi connectivity index (χ4v) is 3.91. The van der Waals surface area contributed by atoms with Crippen LogP contribution in [-0.2, 0) is 11.3 Å². The van der Waals surface area contributed by atoms with E-state index in [0.717, 1.165) is 0 Å². The van der Waals surface area contributed by atoms with Gasteiger partial charge in [-0.1, -0.05) is 6.07 Å². The number of fused-ring (bicyclic) bond motifs is 1. The lowest BCUT2D eigenvalue weighted by Gasteiger charge is -2.16. The van der Waals surface area contributed by atoms with E-state index in [1.165, 1.54) is 47.4 Å². The Morgan fingerprint density at radius 1 is 1.00 bits per heavy atom. The summed E-state index contributed by atoms with van der Waals surface area (Å²) in [6.45, 7) is 1.66. The van der Waals surface area contributed by atoms with E-state index in [2.05, 4.69) is 30.9 Å². The normalized spacial score (nSPS) is 11.9. The van der Waals surface area contributed by atoms with Gasteiger partial charge in [-0.2, -0.15) is 0 Å². The number of likely N-dealkylation sites (N-methyl/N-ethyl adjacent to an activating group) is 1. The monoisotopic (exact) mass is 527 g/mol. The molecule has 1 amide bonds. The Hall–Kier alpha value is -5.10. The van der Waals surface area contributed by atoms with E-state index in [-0.39, 0.29) is 23.7 Å². The molecule has 0 bridgehead atoms. The first-order chi connectivity index (χ1) is 18.8. The van der Waals surface area contributed by atoms with Crippen LogP contribution in [0.1, 0.15) is 28.4 Å². The molecule has 2 N–H and O–H groups in total. The molecule has 1 atom stereocenters. The highest BCUT2D eigenvalue weighted by atomic mass is 19.1. The maximum Gasteiger partial charge on any atom is 0.294 e. The maximum atomic E-state index is 13.6. The molecule has 0 radical (unpaired) electrons. The Labute approximate surface area is 220 Å². The number of halogens is 1. The van der Waals surface area contributed by atoms with Crippen molar-refractivity contribution in [2.75, 3.05) is 12.4 Å². The molecule has 0 saturated carbocycles. The molecule has 5 rings (SSSR count). The predicted octanol–water partition coefficient (Wildman–Crippen LogP) is 2.81. The number of benzene rings is 2. The van der Waals surface area contributed by atoms with Gasteiger partial charge >= 0.3 is 0 Å². The Morgan fingerprint density at radius 3 is 2.54 bits per heavy atom. The molecule has 0 unspecified atom stereocenters. The zero-order valence-corrected chi connectivity index (χ0v) is 20.9. The molecule has 2 aromatic carbocycles. The molecule has 12 heteroatoms. The number of ketones is 1. The van der Waals surface area contributed by atoms with E-state index in [9.17, 15) is 18.8 Å². The minimum atomic E-state index is -0.558. The van der Waals surface area contributed by atoms with Crippen molar-refractivity contribution in [3.05, 3.63) is 100.0 Å². The molecule has 0 aliphatic rings. The molecule has 0 spiro atoms. The van der Waals surface area contributed by atoms with Gasteiger partial charge in [-0.05, 0) is 72.3 Å². The molecular weight excluding hydrogens is 505 g/mol. The number of hydrogen-bond acceptors (Lipinski definition) is 9. The lowest BCUT2D eigenvalue weighted by atomic mass is 10.0. The van der Waals surface area contributed by atoms with Gasteiger partial charge in [0.05, 0.1) is 24.5 Å². The first kappa shape index (κ1) is 25.5. The largest absolute Gasteiger partial charge is 0.309 e. The highest BCUT2D eigenvalue weighted by Gasteiger charge is 2.19. The van der Waals surface area contributed by atoms with Gasteiger partial charge in [-0.15, -0.1) is 0 Å². The van der Waals surface area contributed by atoms with Crippen LogP contribution in [0.4, 0.5) is 10.2 Å². The number of rotatable bonds is 8. The molecule has 0 fully saturated rings. The SMILES string of the molecule is CN[C@@H](C)C(=O)Nc1ncc(-c2ccc3nonc3c2)n(Cc2cncc(C(=O)c3ccc(F)cc3)c2)c1=O. The van der Waals surface area contributed by atoms with Crippen LogP contribution in [0.2, 0.25) is 0 Å². The third-order valence-corrected chi connectivity index (χ3v) is 6.18. The van der Waals surface area contributed by atoms with Crippen LogP contribution in [-0.4, -0.2) is 49.6 Å². The van der Waals surface area contributed by atoms with Crippen LogP contribution in [0.15, 0.2) is 76.5 Å². The molecule has 0 aliphatic heterocycles. The highest BCUT2D eigenvalue weighted by Crippen LogP contribution is 2.23. The molecule has 196 valence electrons. The van der Waals surface area contributed by atoms with Gasteiger partial charge in [0.2, 0.25) is 5.91 Å². The van der Waals surface area contributed by atoms with Crippen molar-refractivity contribution in [3.63, 3.8) is 0 Å². The number of nitrogens with one attached hydrogen (secondary N) is 2. The fraction of sp³-hybridized carbons (Fsp3) is 0.148. The minimum Gasteiger partial charge on any atom is -0.309 e. The molecule has 3 aromatic heterocycles. The van der Waals surface area contributed by atoms with Gasteiger partial charge in [0.1, 0.15) is 16.9 Å². The Kier molecular flexibility index (Phi) is 7.02. The summed E-state index contributed by atoms with van der Waals surface area (Å²) < 4.78 is 19.5. The number of carbonyl (C=O) groups is 2. The second-order valence-corrected chi connectivity index (χ2v) is 8.77. The molecule has 0 aliphatic carbocycles. The summed E-state index contributed by atoms with van der Waals surface area (Å²) >= 11 is 0. The first-order valence-electron chi connectivity index (χ1n) is 11.9. The summed E-state index contributed by atoms with van der Waals surface area (Å²) in [7, 11) is 1.63. The van der Waals surface area contributed by atoms with Crippen molar-refractivity contribution in [2.45, 2.75) is 19.5 Å². The zero-order chi connectivity index (χ0) is 27.5. The van der Waals surface area contributed by atoms with Crippen LogP contribution < -0.4 is 16.2 Å². The molecule has 39 heavy (non-hydrogen) atoms. The topological polar surface area (TPSA) is 145 Å². The second-order valence-electron chi connectivity index (χ2n) is 8.77. The van der Waals surface area contributed by atoms with E-state index in [4.69, 9.17) is 4.63 Å². The summed E-state index contributed by atoms with van der Waals surface area (Å²) in [6, 6.07) is 11.4. The van der Waals surface area contributed by atoms with E-state index in [1.54, 1.807) is 38.2 Å². The fourth-order valence-electron chi connectivity index (χ4n) is 3.91. The van der Waals surface area contributed by atoms with Crippen LogP contribution in [0.5, 0.6) is 0 Å². The summed E-state index contributed by atoms with van der Waals surface area (Å²) in [4.78, 5) is 47.4. The Balaban J connectivity index is 1.56. The molecule has 5 aromatic rings. The maximum absolute atomic E-state index is 13.6. The van der Waals surface area contributed by atoms with Crippen molar-refractivity contribution in [1.29, 1.82) is 0 Å².